The van der Waals surface area contributed by atoms with E-state index in [0.717, 1.165) is 30.2 Å². The van der Waals surface area contributed by atoms with Crippen molar-refractivity contribution in [3.63, 3.8) is 0 Å². The van der Waals surface area contributed by atoms with Gasteiger partial charge in [-0.1, -0.05) is 41.7 Å². The maximum Gasteiger partial charge on any atom is 0.266 e. The first-order valence-corrected chi connectivity index (χ1v) is 12.8. The van der Waals surface area contributed by atoms with Crippen LogP contribution in [-0.2, 0) is 19.4 Å². The second kappa shape index (κ2) is 9.34. The van der Waals surface area contributed by atoms with Crippen molar-refractivity contribution in [1.29, 1.82) is 0 Å². The fraction of sp³-hybridized carbons (Fsp3) is 0.381. The number of amides is 1. The average Bonchev–Trinajstić information content (AvgIpc) is 3.48. The van der Waals surface area contributed by atoms with Crippen LogP contribution >= 0.6 is 24.0 Å². The molecule has 1 amide bonds. The number of carbonyl (C=O) groups is 1. The third-order valence-corrected chi connectivity index (χ3v) is 8.27. The van der Waals surface area contributed by atoms with E-state index in [1.165, 1.54) is 11.0 Å². The summed E-state index contributed by atoms with van der Waals surface area (Å²) in [5.74, 6) is -0.00470. The molecule has 1 aromatic heterocycles. The summed E-state index contributed by atoms with van der Waals surface area (Å²) in [6.45, 7) is 3.96. The number of methoxy groups -OCH3 is 1. The van der Waals surface area contributed by atoms with Gasteiger partial charge in [0.1, 0.15) is 4.32 Å². The first-order valence-electron chi connectivity index (χ1n) is 10.1. The molecule has 2 fully saturated rings. The zero-order valence-electron chi connectivity index (χ0n) is 17.7. The molecule has 0 N–H and O–H groups in total. The number of sulfone groups is 1. The normalized spacial score (nSPS) is 18.4. The summed E-state index contributed by atoms with van der Waals surface area (Å²) in [6, 6.07) is 6.62. The van der Waals surface area contributed by atoms with Gasteiger partial charge in [0.05, 0.1) is 23.0 Å². The molecule has 8 nitrogen and oxygen atoms in total. The van der Waals surface area contributed by atoms with Crippen molar-refractivity contribution in [3.05, 3.63) is 40.6 Å². The molecule has 0 unspecified atom stereocenters. The highest BCUT2D eigenvalue weighted by Gasteiger charge is 2.35. The number of oxazole rings is 1. The molecule has 1 aromatic carbocycles. The van der Waals surface area contributed by atoms with Crippen LogP contribution in [0, 0.1) is 6.92 Å². The monoisotopic (exact) mass is 493 g/mol. The lowest BCUT2D eigenvalue weighted by atomic mass is 10.2. The number of nitrogens with zero attached hydrogens (tertiary/aromatic N) is 3. The molecule has 2 saturated heterocycles. The van der Waals surface area contributed by atoms with Crippen LogP contribution in [0.3, 0.4) is 0 Å². The number of anilines is 1. The third-order valence-electron chi connectivity index (χ3n) is 5.22. The summed E-state index contributed by atoms with van der Waals surface area (Å²) in [6.07, 6.45) is 3.34. The molecular formula is C21H23N3O5S3. The Morgan fingerprint density at radius 2 is 1.94 bits per heavy atom. The average molecular weight is 494 g/mol. The summed E-state index contributed by atoms with van der Waals surface area (Å²) >= 11 is 6.42. The summed E-state index contributed by atoms with van der Waals surface area (Å²) in [5.41, 5.74) is 0.958. The molecule has 2 aliphatic rings. The quantitative estimate of drug-likeness (QED) is 0.426. The van der Waals surface area contributed by atoms with Crippen molar-refractivity contribution < 1.29 is 22.4 Å². The first kappa shape index (κ1) is 23.0. The van der Waals surface area contributed by atoms with Gasteiger partial charge in [0.2, 0.25) is 26.6 Å². The minimum Gasteiger partial charge on any atom is -0.420 e. The van der Waals surface area contributed by atoms with Gasteiger partial charge in [-0.15, -0.1) is 0 Å². The van der Waals surface area contributed by atoms with E-state index < -0.39 is 9.84 Å². The summed E-state index contributed by atoms with van der Waals surface area (Å²) in [7, 11) is -2.35. The van der Waals surface area contributed by atoms with Gasteiger partial charge in [0, 0.05) is 26.3 Å². The molecule has 0 atom stereocenters. The van der Waals surface area contributed by atoms with Crippen LogP contribution in [0.15, 0.2) is 43.5 Å². The molecule has 0 radical (unpaired) electrons. The number of aryl methyl sites for hydroxylation is 1. The van der Waals surface area contributed by atoms with Gasteiger partial charge >= 0.3 is 0 Å². The summed E-state index contributed by atoms with van der Waals surface area (Å²) < 4.78 is 38.1. The topological polar surface area (TPSA) is 92.9 Å². The van der Waals surface area contributed by atoms with Gasteiger partial charge in [-0.25, -0.2) is 8.42 Å². The van der Waals surface area contributed by atoms with Crippen LogP contribution < -0.4 is 4.90 Å². The first-order chi connectivity index (χ1) is 15.3. The molecule has 32 heavy (non-hydrogen) atoms. The fourth-order valence-corrected chi connectivity index (χ4v) is 6.09. The molecule has 11 heteroatoms. The van der Waals surface area contributed by atoms with Crippen LogP contribution in [0.1, 0.15) is 24.3 Å². The number of ether oxygens (including phenoxy) is 1. The lowest BCUT2D eigenvalue weighted by molar-refractivity contribution is -0.122. The smallest absolute Gasteiger partial charge is 0.266 e. The van der Waals surface area contributed by atoms with E-state index in [-0.39, 0.29) is 27.6 Å². The zero-order chi connectivity index (χ0) is 22.9. The predicted octanol–water partition coefficient (Wildman–Crippen LogP) is 3.26. The van der Waals surface area contributed by atoms with Crippen LogP contribution in [0.2, 0.25) is 0 Å². The highest BCUT2D eigenvalue weighted by Crippen LogP contribution is 2.36. The van der Waals surface area contributed by atoms with Gasteiger partial charge < -0.3 is 14.1 Å². The molecule has 4 rings (SSSR count). The van der Waals surface area contributed by atoms with Crippen molar-refractivity contribution in [2.75, 3.05) is 38.3 Å². The molecular weight excluding hydrogens is 470 g/mol. The number of hydrogen-bond donors (Lipinski definition) is 0. The highest BCUT2D eigenvalue weighted by atomic mass is 32.2. The molecule has 0 saturated carbocycles. The Balaban J connectivity index is 1.72. The molecule has 0 bridgehead atoms. The molecule has 3 heterocycles. The predicted molar refractivity (Wildman–Crippen MR) is 126 cm³/mol. The number of benzene rings is 1. The molecule has 0 spiro atoms. The number of rotatable bonds is 7. The van der Waals surface area contributed by atoms with Crippen LogP contribution in [0.5, 0.6) is 0 Å². The van der Waals surface area contributed by atoms with E-state index in [1.807, 2.05) is 11.8 Å². The van der Waals surface area contributed by atoms with Gasteiger partial charge in [-0.2, -0.15) is 4.98 Å². The van der Waals surface area contributed by atoms with Crippen LogP contribution in [0.4, 0.5) is 5.88 Å². The standard InChI is InChI=1S/C21H23N3O5S3/c1-14-5-7-15(8-6-14)32(26,27)18-20(23-9-3-4-10-23)29-17(22-18)13-16-19(25)24(11-12-28-2)21(30)31-16/h5-8,13H,3-4,9-12H2,1-2H3. The second-order valence-electron chi connectivity index (χ2n) is 7.50. The summed E-state index contributed by atoms with van der Waals surface area (Å²) in [5, 5.41) is -0.135. The number of thiocarbonyl (C=S) groups is 1. The van der Waals surface area contributed by atoms with Crippen molar-refractivity contribution in [1.82, 2.24) is 9.88 Å². The Kier molecular flexibility index (Phi) is 6.70. The highest BCUT2D eigenvalue weighted by molar-refractivity contribution is 8.26. The Hall–Kier alpha value is -2.21. The largest absolute Gasteiger partial charge is 0.420 e. The summed E-state index contributed by atoms with van der Waals surface area (Å²) in [4.78, 5) is 20.8. The van der Waals surface area contributed by atoms with Crippen molar-refractivity contribution in [2.24, 2.45) is 0 Å². The van der Waals surface area contributed by atoms with Crippen molar-refractivity contribution >= 4 is 56.0 Å². The Morgan fingerprint density at radius 1 is 1.25 bits per heavy atom. The maximum absolute atomic E-state index is 13.4. The Bertz CT molecular complexity index is 1170. The maximum atomic E-state index is 13.4. The van der Waals surface area contributed by atoms with E-state index in [9.17, 15) is 13.2 Å². The molecule has 2 aromatic rings. The molecule has 170 valence electrons. The van der Waals surface area contributed by atoms with Crippen molar-refractivity contribution in [2.45, 2.75) is 29.7 Å². The van der Waals surface area contributed by atoms with E-state index >= 15 is 0 Å². The van der Waals surface area contributed by atoms with Gasteiger partial charge in [0.15, 0.2) is 0 Å². The third kappa shape index (κ3) is 4.47. The van der Waals surface area contributed by atoms with E-state index in [1.54, 1.807) is 31.4 Å². The van der Waals surface area contributed by atoms with E-state index in [2.05, 4.69) is 4.98 Å². The number of hydrogen-bond acceptors (Lipinski definition) is 9. The van der Waals surface area contributed by atoms with Gasteiger partial charge in [-0.05, 0) is 31.9 Å². The number of carbonyl (C=O) groups excluding carboxylic acids is 1. The van der Waals surface area contributed by atoms with Gasteiger partial charge in [-0.3, -0.25) is 9.69 Å². The zero-order valence-corrected chi connectivity index (χ0v) is 20.2. The van der Waals surface area contributed by atoms with Crippen LogP contribution in [0.25, 0.3) is 6.08 Å². The lowest BCUT2D eigenvalue weighted by Gasteiger charge is -2.14. The SMILES string of the molecule is COCCN1C(=O)C(=Cc2nc(S(=O)(=O)c3ccc(C)cc3)c(N3CCCC3)o2)SC1=S. The fourth-order valence-electron chi connectivity index (χ4n) is 3.49. The lowest BCUT2D eigenvalue weighted by Crippen LogP contribution is -2.31. The Morgan fingerprint density at radius 3 is 2.59 bits per heavy atom. The van der Waals surface area contributed by atoms with E-state index in [0.29, 0.717) is 35.5 Å². The molecule has 0 aliphatic carbocycles. The van der Waals surface area contributed by atoms with Gasteiger partial charge in [0.25, 0.3) is 5.91 Å². The minimum atomic E-state index is -3.90. The number of thioether (sulfide) groups is 1. The van der Waals surface area contributed by atoms with E-state index in [4.69, 9.17) is 21.4 Å². The number of aromatic nitrogens is 1. The molecule has 2 aliphatic heterocycles. The van der Waals surface area contributed by atoms with Crippen molar-refractivity contribution in [3.8, 4) is 0 Å². The van der Waals surface area contributed by atoms with Crippen LogP contribution in [-0.4, -0.2) is 61.9 Å². The Labute approximate surface area is 196 Å². The second-order valence-corrected chi connectivity index (χ2v) is 11.0. The minimum absolute atomic E-state index is 0.0600.